The van der Waals surface area contributed by atoms with E-state index in [4.69, 9.17) is 0 Å². The topological polar surface area (TPSA) is 37.8 Å². The largest absolute Gasteiger partial charge is 0.311 e. The van der Waals surface area contributed by atoms with Gasteiger partial charge >= 0.3 is 0 Å². The first-order valence-corrected chi connectivity index (χ1v) is 4.89. The molecule has 0 radical (unpaired) electrons. The lowest BCUT2D eigenvalue weighted by atomic mass is 10.2. The monoisotopic (exact) mass is 179 g/mol. The average Bonchev–Trinajstić information content (AvgIpc) is 2.19. The van der Waals surface area contributed by atoms with Gasteiger partial charge in [0.05, 0.1) is 5.69 Å². The summed E-state index contributed by atoms with van der Waals surface area (Å²) in [5, 5.41) is 3.35. The molecule has 0 saturated heterocycles. The van der Waals surface area contributed by atoms with Gasteiger partial charge in [-0.3, -0.25) is 0 Å². The number of hydrogen-bond acceptors (Lipinski definition) is 3. The van der Waals surface area contributed by atoms with Gasteiger partial charge in [-0.05, 0) is 19.0 Å². The number of rotatable bonds is 6. The molecule has 0 bridgehead atoms. The van der Waals surface area contributed by atoms with E-state index in [-0.39, 0.29) is 0 Å². The molecule has 1 rings (SSSR count). The molecule has 0 atom stereocenters. The van der Waals surface area contributed by atoms with Crippen LogP contribution in [0.3, 0.4) is 0 Å². The summed E-state index contributed by atoms with van der Waals surface area (Å²) in [6, 6.07) is 1.94. The van der Waals surface area contributed by atoms with Crippen molar-refractivity contribution < 1.29 is 0 Å². The zero-order valence-electron chi connectivity index (χ0n) is 8.16. The maximum atomic E-state index is 4.12. The summed E-state index contributed by atoms with van der Waals surface area (Å²) in [7, 11) is 0. The number of aromatic nitrogens is 2. The predicted octanol–water partition coefficient (Wildman–Crippen LogP) is 1.76. The predicted molar refractivity (Wildman–Crippen MR) is 53.3 cm³/mol. The van der Waals surface area contributed by atoms with Crippen molar-refractivity contribution in [2.75, 3.05) is 6.54 Å². The summed E-state index contributed by atoms with van der Waals surface area (Å²) in [5.74, 6) is 0. The fourth-order valence-electron chi connectivity index (χ4n) is 1.14. The van der Waals surface area contributed by atoms with Crippen molar-refractivity contribution in [3.05, 3.63) is 24.3 Å². The first-order chi connectivity index (χ1) is 6.43. The highest BCUT2D eigenvalue weighted by Gasteiger charge is 1.91. The Kier molecular flexibility index (Phi) is 5.10. The van der Waals surface area contributed by atoms with Gasteiger partial charge in [-0.1, -0.05) is 19.8 Å². The highest BCUT2D eigenvalue weighted by Crippen LogP contribution is 1.93. The van der Waals surface area contributed by atoms with Crippen LogP contribution in [0.4, 0.5) is 0 Å². The van der Waals surface area contributed by atoms with Crippen LogP contribution in [0.25, 0.3) is 0 Å². The van der Waals surface area contributed by atoms with E-state index in [1.165, 1.54) is 19.3 Å². The maximum Gasteiger partial charge on any atom is 0.115 e. The molecule has 0 spiro atoms. The quantitative estimate of drug-likeness (QED) is 0.676. The van der Waals surface area contributed by atoms with Crippen molar-refractivity contribution in [3.8, 4) is 0 Å². The van der Waals surface area contributed by atoms with Crippen LogP contribution in [-0.4, -0.2) is 16.5 Å². The maximum absolute atomic E-state index is 4.12. The smallest absolute Gasteiger partial charge is 0.115 e. The molecule has 0 saturated carbocycles. The first-order valence-electron chi connectivity index (χ1n) is 4.89. The summed E-state index contributed by atoms with van der Waals surface area (Å²) in [5.41, 5.74) is 1.06. The van der Waals surface area contributed by atoms with Gasteiger partial charge in [0.25, 0.3) is 0 Å². The summed E-state index contributed by atoms with van der Waals surface area (Å²) in [4.78, 5) is 7.99. The Bertz CT molecular complexity index is 211. The van der Waals surface area contributed by atoms with E-state index in [0.717, 1.165) is 18.8 Å². The van der Waals surface area contributed by atoms with E-state index >= 15 is 0 Å². The van der Waals surface area contributed by atoms with Gasteiger partial charge < -0.3 is 5.32 Å². The second-order valence-electron chi connectivity index (χ2n) is 3.08. The summed E-state index contributed by atoms with van der Waals surface area (Å²) >= 11 is 0. The molecule has 0 amide bonds. The van der Waals surface area contributed by atoms with Crippen LogP contribution in [0.2, 0.25) is 0 Å². The molecule has 1 aromatic rings. The molecule has 0 aromatic carbocycles. The molecule has 0 aliphatic rings. The molecule has 0 fully saturated rings. The Morgan fingerprint density at radius 2 is 2.31 bits per heavy atom. The Morgan fingerprint density at radius 1 is 1.38 bits per heavy atom. The van der Waals surface area contributed by atoms with Crippen molar-refractivity contribution >= 4 is 0 Å². The van der Waals surface area contributed by atoms with E-state index in [1.54, 1.807) is 12.5 Å². The fraction of sp³-hybridized carbons (Fsp3) is 0.600. The number of nitrogens with zero attached hydrogens (tertiary/aromatic N) is 2. The van der Waals surface area contributed by atoms with E-state index in [9.17, 15) is 0 Å². The highest BCUT2D eigenvalue weighted by atomic mass is 14.9. The van der Waals surface area contributed by atoms with Crippen molar-refractivity contribution in [2.24, 2.45) is 0 Å². The van der Waals surface area contributed by atoms with Gasteiger partial charge in [0, 0.05) is 12.7 Å². The van der Waals surface area contributed by atoms with Gasteiger partial charge in [0.15, 0.2) is 0 Å². The van der Waals surface area contributed by atoms with Crippen molar-refractivity contribution in [1.29, 1.82) is 0 Å². The molecule has 1 aromatic heterocycles. The molecule has 0 unspecified atom stereocenters. The van der Waals surface area contributed by atoms with Gasteiger partial charge in [-0.25, -0.2) is 9.97 Å². The number of unbranched alkanes of at least 4 members (excludes halogenated alkanes) is 2. The third kappa shape index (κ3) is 4.58. The van der Waals surface area contributed by atoms with Crippen molar-refractivity contribution in [1.82, 2.24) is 15.3 Å². The van der Waals surface area contributed by atoms with Crippen molar-refractivity contribution in [3.63, 3.8) is 0 Å². The molecular formula is C10H17N3. The summed E-state index contributed by atoms with van der Waals surface area (Å²) in [6.07, 6.45) is 7.19. The molecule has 1 N–H and O–H groups in total. The molecule has 3 heteroatoms. The molecule has 13 heavy (non-hydrogen) atoms. The number of nitrogens with one attached hydrogen (secondary N) is 1. The Balaban J connectivity index is 2.07. The van der Waals surface area contributed by atoms with Crippen LogP contribution in [0.5, 0.6) is 0 Å². The van der Waals surface area contributed by atoms with Gasteiger partial charge in [-0.15, -0.1) is 0 Å². The normalized spacial score (nSPS) is 10.2. The Labute approximate surface area is 79.6 Å². The molecule has 3 nitrogen and oxygen atoms in total. The second kappa shape index (κ2) is 6.54. The molecule has 0 aliphatic carbocycles. The van der Waals surface area contributed by atoms with Crippen LogP contribution < -0.4 is 5.32 Å². The minimum atomic E-state index is 0.853. The Hall–Kier alpha value is -0.960. The summed E-state index contributed by atoms with van der Waals surface area (Å²) in [6.45, 7) is 4.15. The summed E-state index contributed by atoms with van der Waals surface area (Å²) < 4.78 is 0. The molecule has 72 valence electrons. The van der Waals surface area contributed by atoms with E-state index in [2.05, 4.69) is 22.2 Å². The van der Waals surface area contributed by atoms with Crippen LogP contribution in [0.1, 0.15) is 31.9 Å². The van der Waals surface area contributed by atoms with Crippen LogP contribution in [0, 0.1) is 0 Å². The van der Waals surface area contributed by atoms with Crippen LogP contribution >= 0.6 is 0 Å². The third-order valence-corrected chi connectivity index (χ3v) is 1.91. The van der Waals surface area contributed by atoms with E-state index in [1.807, 2.05) is 6.07 Å². The fourth-order valence-corrected chi connectivity index (χ4v) is 1.14. The van der Waals surface area contributed by atoms with Crippen LogP contribution in [0.15, 0.2) is 18.6 Å². The zero-order chi connectivity index (χ0) is 9.36. The lowest BCUT2D eigenvalue weighted by molar-refractivity contribution is 0.610. The van der Waals surface area contributed by atoms with E-state index in [0.29, 0.717) is 0 Å². The van der Waals surface area contributed by atoms with Gasteiger partial charge in [0.2, 0.25) is 0 Å². The highest BCUT2D eigenvalue weighted by molar-refractivity contribution is 4.96. The standard InChI is InChI=1S/C10H17N3/c1-2-3-4-6-11-8-10-5-7-12-9-13-10/h5,7,9,11H,2-4,6,8H2,1H3. The van der Waals surface area contributed by atoms with Gasteiger partial charge in [-0.2, -0.15) is 0 Å². The molecule has 1 heterocycles. The SMILES string of the molecule is CCCCCNCc1ccncn1. The first kappa shape index (κ1) is 10.1. The number of hydrogen-bond donors (Lipinski definition) is 1. The average molecular weight is 179 g/mol. The third-order valence-electron chi connectivity index (χ3n) is 1.91. The van der Waals surface area contributed by atoms with E-state index < -0.39 is 0 Å². The van der Waals surface area contributed by atoms with Crippen LogP contribution in [-0.2, 0) is 6.54 Å². The molecule has 0 aliphatic heterocycles. The Morgan fingerprint density at radius 3 is 3.00 bits per heavy atom. The zero-order valence-corrected chi connectivity index (χ0v) is 8.16. The minimum Gasteiger partial charge on any atom is -0.311 e. The lowest BCUT2D eigenvalue weighted by Crippen LogP contribution is -2.15. The second-order valence-corrected chi connectivity index (χ2v) is 3.08. The van der Waals surface area contributed by atoms with Crippen molar-refractivity contribution in [2.45, 2.75) is 32.7 Å². The molecular weight excluding hydrogens is 162 g/mol. The van der Waals surface area contributed by atoms with Gasteiger partial charge in [0.1, 0.15) is 6.33 Å². The minimum absolute atomic E-state index is 0.853. The lowest BCUT2D eigenvalue weighted by Gasteiger charge is -2.02.